The van der Waals surface area contributed by atoms with Crippen LogP contribution in [0.2, 0.25) is 0 Å². The average Bonchev–Trinajstić information content (AvgIpc) is 2.71. The molecule has 0 bridgehead atoms. The molecular weight excluding hydrogens is 408 g/mol. The van der Waals surface area contributed by atoms with E-state index in [4.69, 9.17) is 0 Å². The third-order valence-electron chi connectivity index (χ3n) is 5.84. The van der Waals surface area contributed by atoms with Gasteiger partial charge in [0.2, 0.25) is 5.91 Å². The van der Waals surface area contributed by atoms with Crippen LogP contribution in [-0.4, -0.2) is 38.1 Å². The first-order valence-corrected chi connectivity index (χ1v) is 12.7. The average molecular weight is 443 g/mol. The van der Waals surface area contributed by atoms with Crippen molar-refractivity contribution in [2.24, 2.45) is 11.8 Å². The largest absolute Gasteiger partial charge is 0.352 e. The molecule has 0 radical (unpaired) electrons. The van der Waals surface area contributed by atoms with Crippen LogP contribution < -0.4 is 5.32 Å². The highest BCUT2D eigenvalue weighted by Gasteiger charge is 2.21. The van der Waals surface area contributed by atoms with Crippen LogP contribution in [0.3, 0.4) is 0 Å². The highest BCUT2D eigenvalue weighted by molar-refractivity contribution is 7.91. The maximum absolute atomic E-state index is 12.4. The van der Waals surface area contributed by atoms with Crippen molar-refractivity contribution in [3.05, 3.63) is 65.2 Å². The number of sulfone groups is 1. The highest BCUT2D eigenvalue weighted by Crippen LogP contribution is 2.22. The molecule has 1 fully saturated rings. The van der Waals surface area contributed by atoms with Crippen molar-refractivity contribution in [3.8, 4) is 0 Å². The first-order valence-electron chi connectivity index (χ1n) is 11.1. The number of carbonyl (C=O) groups excluding carboxylic acids is 1. The van der Waals surface area contributed by atoms with E-state index in [1.165, 1.54) is 12.0 Å². The number of hydrogen-bond donors (Lipinski definition) is 1. The molecule has 1 aliphatic heterocycles. The van der Waals surface area contributed by atoms with Crippen LogP contribution in [0.4, 0.5) is 0 Å². The van der Waals surface area contributed by atoms with Gasteiger partial charge in [-0.05, 0) is 48.4 Å². The van der Waals surface area contributed by atoms with Gasteiger partial charge in [0, 0.05) is 32.6 Å². The number of piperidine rings is 1. The van der Waals surface area contributed by atoms with Crippen LogP contribution in [0.25, 0.3) is 0 Å². The summed E-state index contributed by atoms with van der Waals surface area (Å²) < 4.78 is 24.8. The standard InChI is InChI=1S/C25H34N2O3S/c1-19-4-10-24(11-5-19)31(29,30)13-12-25(28)26-15-22-6-8-23(9-7-22)18-27-16-20(2)14-21(3)17-27/h4-11,20-21H,12-18H2,1-3H3,(H,26,28). The van der Waals surface area contributed by atoms with Gasteiger partial charge in [0.25, 0.3) is 0 Å². The molecular formula is C25H34N2O3S. The molecule has 2 atom stereocenters. The second-order valence-corrected chi connectivity index (χ2v) is 11.2. The SMILES string of the molecule is Cc1ccc(S(=O)(=O)CCC(=O)NCc2ccc(CN3CC(C)CC(C)C3)cc2)cc1. The fourth-order valence-electron chi connectivity index (χ4n) is 4.32. The molecule has 5 nitrogen and oxygen atoms in total. The molecule has 2 unspecified atom stereocenters. The Hall–Kier alpha value is -2.18. The van der Waals surface area contributed by atoms with Crippen molar-refractivity contribution in [2.75, 3.05) is 18.8 Å². The van der Waals surface area contributed by atoms with Gasteiger partial charge in [0.1, 0.15) is 0 Å². The molecule has 0 spiro atoms. The Bertz CT molecular complexity index is 959. The summed E-state index contributed by atoms with van der Waals surface area (Å²) in [6.07, 6.45) is 1.26. The number of hydrogen-bond acceptors (Lipinski definition) is 4. The molecule has 0 aromatic heterocycles. The maximum Gasteiger partial charge on any atom is 0.221 e. The zero-order valence-electron chi connectivity index (χ0n) is 18.8. The third-order valence-corrected chi connectivity index (χ3v) is 7.57. The van der Waals surface area contributed by atoms with Gasteiger partial charge in [-0.2, -0.15) is 0 Å². The van der Waals surface area contributed by atoms with Crippen LogP contribution in [0, 0.1) is 18.8 Å². The summed E-state index contributed by atoms with van der Waals surface area (Å²) in [5, 5.41) is 2.83. The number of aryl methyl sites for hydroxylation is 1. The zero-order chi connectivity index (χ0) is 22.4. The summed E-state index contributed by atoms with van der Waals surface area (Å²) in [7, 11) is -3.45. The molecule has 2 aromatic carbocycles. The predicted octanol–water partition coefficient (Wildman–Crippen LogP) is 3.95. The first-order chi connectivity index (χ1) is 14.7. The van der Waals surface area contributed by atoms with E-state index in [2.05, 4.69) is 36.2 Å². The topological polar surface area (TPSA) is 66.5 Å². The van der Waals surface area contributed by atoms with E-state index in [1.54, 1.807) is 24.3 Å². The molecule has 0 aliphatic carbocycles. The van der Waals surface area contributed by atoms with Gasteiger partial charge in [-0.3, -0.25) is 9.69 Å². The lowest BCUT2D eigenvalue weighted by Crippen LogP contribution is -2.38. The molecule has 6 heteroatoms. The predicted molar refractivity (Wildman–Crippen MR) is 124 cm³/mol. The second-order valence-electron chi connectivity index (χ2n) is 9.12. The van der Waals surface area contributed by atoms with Crippen LogP contribution in [0.1, 0.15) is 43.4 Å². The van der Waals surface area contributed by atoms with Crippen molar-refractivity contribution in [2.45, 2.75) is 51.6 Å². The van der Waals surface area contributed by atoms with Gasteiger partial charge in [0.05, 0.1) is 10.6 Å². The molecule has 1 N–H and O–H groups in total. The first kappa shape index (κ1) is 23.5. The fourth-order valence-corrected chi connectivity index (χ4v) is 5.56. The Morgan fingerprint density at radius 1 is 0.968 bits per heavy atom. The number of nitrogens with one attached hydrogen (secondary N) is 1. The van der Waals surface area contributed by atoms with Crippen LogP contribution in [0.5, 0.6) is 0 Å². The summed E-state index contributed by atoms with van der Waals surface area (Å²) in [5.41, 5.74) is 3.29. The normalized spacial score (nSPS) is 19.8. The van der Waals surface area contributed by atoms with Crippen LogP contribution >= 0.6 is 0 Å². The molecule has 1 aliphatic rings. The third kappa shape index (κ3) is 7.18. The quantitative estimate of drug-likeness (QED) is 0.672. The van der Waals surface area contributed by atoms with Gasteiger partial charge in [-0.15, -0.1) is 0 Å². The Labute approximate surface area is 186 Å². The summed E-state index contributed by atoms with van der Waals surface area (Å²) in [6, 6.07) is 15.0. The van der Waals surface area contributed by atoms with E-state index in [-0.39, 0.29) is 23.0 Å². The monoisotopic (exact) mass is 442 g/mol. The second kappa shape index (κ2) is 10.4. The Kier molecular flexibility index (Phi) is 7.89. The smallest absolute Gasteiger partial charge is 0.221 e. The van der Waals surface area contributed by atoms with Gasteiger partial charge in [-0.1, -0.05) is 55.8 Å². The highest BCUT2D eigenvalue weighted by atomic mass is 32.2. The van der Waals surface area contributed by atoms with Gasteiger partial charge >= 0.3 is 0 Å². The Morgan fingerprint density at radius 3 is 2.16 bits per heavy atom. The van der Waals surface area contributed by atoms with Gasteiger partial charge in [-0.25, -0.2) is 8.42 Å². The lowest BCUT2D eigenvalue weighted by atomic mass is 9.91. The number of amides is 1. The van der Waals surface area contributed by atoms with E-state index < -0.39 is 9.84 Å². The van der Waals surface area contributed by atoms with Crippen molar-refractivity contribution in [1.29, 1.82) is 0 Å². The molecule has 168 valence electrons. The Morgan fingerprint density at radius 2 is 1.55 bits per heavy atom. The van der Waals surface area contributed by atoms with Crippen LogP contribution in [-0.2, 0) is 27.7 Å². The van der Waals surface area contributed by atoms with E-state index in [9.17, 15) is 13.2 Å². The van der Waals surface area contributed by atoms with E-state index in [0.717, 1.165) is 42.6 Å². The summed E-state index contributed by atoms with van der Waals surface area (Å²) in [5.74, 6) is 1.05. The lowest BCUT2D eigenvalue weighted by Gasteiger charge is -2.35. The Balaban J connectivity index is 1.44. The minimum Gasteiger partial charge on any atom is -0.352 e. The van der Waals surface area contributed by atoms with E-state index >= 15 is 0 Å². The van der Waals surface area contributed by atoms with E-state index in [0.29, 0.717) is 6.54 Å². The summed E-state index contributed by atoms with van der Waals surface area (Å²) in [6.45, 7) is 10.2. The summed E-state index contributed by atoms with van der Waals surface area (Å²) in [4.78, 5) is 14.9. The van der Waals surface area contributed by atoms with Crippen molar-refractivity contribution < 1.29 is 13.2 Å². The van der Waals surface area contributed by atoms with Gasteiger partial charge in [0.15, 0.2) is 9.84 Å². The number of carbonyl (C=O) groups is 1. The van der Waals surface area contributed by atoms with Crippen molar-refractivity contribution in [3.63, 3.8) is 0 Å². The van der Waals surface area contributed by atoms with Gasteiger partial charge < -0.3 is 5.32 Å². The fraction of sp³-hybridized carbons (Fsp3) is 0.480. The molecule has 31 heavy (non-hydrogen) atoms. The zero-order valence-corrected chi connectivity index (χ0v) is 19.6. The van der Waals surface area contributed by atoms with Crippen molar-refractivity contribution in [1.82, 2.24) is 10.2 Å². The molecule has 2 aromatic rings. The maximum atomic E-state index is 12.4. The minimum atomic E-state index is -3.45. The molecule has 0 saturated carbocycles. The number of benzene rings is 2. The summed E-state index contributed by atoms with van der Waals surface area (Å²) >= 11 is 0. The minimum absolute atomic E-state index is 0.0420. The number of rotatable bonds is 8. The molecule has 1 saturated heterocycles. The molecule has 3 rings (SSSR count). The lowest BCUT2D eigenvalue weighted by molar-refractivity contribution is -0.120. The van der Waals surface area contributed by atoms with Crippen LogP contribution in [0.15, 0.2) is 53.4 Å². The molecule has 1 heterocycles. The molecule has 1 amide bonds. The number of nitrogens with zero attached hydrogens (tertiary/aromatic N) is 1. The number of likely N-dealkylation sites (tertiary alicyclic amines) is 1. The van der Waals surface area contributed by atoms with Crippen molar-refractivity contribution >= 4 is 15.7 Å². The van der Waals surface area contributed by atoms with E-state index in [1.807, 2.05) is 19.1 Å².